The Morgan fingerprint density at radius 3 is 1.69 bits per heavy atom. The SMILES string of the molecule is O=C(S)c1ccccc1.S=C(OCCc1ccccc1)c1ccccc1. The van der Waals surface area contributed by atoms with Crippen molar-refractivity contribution in [2.75, 3.05) is 6.61 Å². The maximum atomic E-state index is 10.5. The van der Waals surface area contributed by atoms with Gasteiger partial charge in [0.15, 0.2) is 5.05 Å². The van der Waals surface area contributed by atoms with Gasteiger partial charge in [0, 0.05) is 17.5 Å². The van der Waals surface area contributed by atoms with E-state index in [1.54, 1.807) is 12.1 Å². The van der Waals surface area contributed by atoms with Crippen molar-refractivity contribution < 1.29 is 9.53 Å². The van der Waals surface area contributed by atoms with Crippen LogP contribution in [0.3, 0.4) is 0 Å². The first kappa shape index (κ1) is 19.9. The minimum absolute atomic E-state index is 0.185. The van der Waals surface area contributed by atoms with Crippen molar-refractivity contribution in [3.63, 3.8) is 0 Å². The number of carbonyl (C=O) groups excluding carboxylic acids is 1. The van der Waals surface area contributed by atoms with Crippen molar-refractivity contribution in [2.45, 2.75) is 6.42 Å². The Labute approximate surface area is 165 Å². The third-order valence-corrected chi connectivity index (χ3v) is 4.11. The minimum atomic E-state index is -0.185. The molecular formula is C22H20O2S2. The zero-order valence-corrected chi connectivity index (χ0v) is 16.0. The summed E-state index contributed by atoms with van der Waals surface area (Å²) in [5, 5.41) is 0.386. The molecule has 0 amide bonds. The molecule has 0 aliphatic rings. The third-order valence-electron chi connectivity index (χ3n) is 3.50. The lowest BCUT2D eigenvalue weighted by molar-refractivity contribution is 0.109. The van der Waals surface area contributed by atoms with E-state index in [2.05, 4.69) is 24.8 Å². The zero-order chi connectivity index (χ0) is 18.6. The van der Waals surface area contributed by atoms with E-state index in [1.165, 1.54) is 5.56 Å². The van der Waals surface area contributed by atoms with E-state index in [-0.39, 0.29) is 5.12 Å². The van der Waals surface area contributed by atoms with Crippen LogP contribution < -0.4 is 0 Å². The molecule has 3 aromatic rings. The van der Waals surface area contributed by atoms with Gasteiger partial charge in [-0.25, -0.2) is 0 Å². The highest BCUT2D eigenvalue weighted by Crippen LogP contribution is 2.05. The van der Waals surface area contributed by atoms with Gasteiger partial charge in [-0.3, -0.25) is 4.79 Å². The van der Waals surface area contributed by atoms with Crippen molar-refractivity contribution in [3.05, 3.63) is 108 Å². The molecule has 0 heterocycles. The van der Waals surface area contributed by atoms with Crippen molar-refractivity contribution in [2.24, 2.45) is 0 Å². The Morgan fingerprint density at radius 2 is 1.23 bits per heavy atom. The molecule has 0 saturated carbocycles. The van der Waals surface area contributed by atoms with Crippen LogP contribution in [0.5, 0.6) is 0 Å². The van der Waals surface area contributed by atoms with Gasteiger partial charge in [-0.1, -0.05) is 91.0 Å². The molecule has 26 heavy (non-hydrogen) atoms. The van der Waals surface area contributed by atoms with Crippen molar-refractivity contribution >= 4 is 35.0 Å². The second-order valence-corrected chi connectivity index (χ2v) is 6.19. The monoisotopic (exact) mass is 380 g/mol. The van der Waals surface area contributed by atoms with E-state index < -0.39 is 0 Å². The lowest BCUT2D eigenvalue weighted by Gasteiger charge is -2.07. The lowest BCUT2D eigenvalue weighted by atomic mass is 10.2. The molecule has 0 radical (unpaired) electrons. The van der Waals surface area contributed by atoms with Gasteiger partial charge in [0.05, 0.1) is 6.61 Å². The van der Waals surface area contributed by atoms with Gasteiger partial charge in [0.25, 0.3) is 0 Å². The number of hydrogen-bond donors (Lipinski definition) is 1. The van der Waals surface area contributed by atoms with E-state index >= 15 is 0 Å². The molecule has 0 spiro atoms. The van der Waals surface area contributed by atoms with Crippen LogP contribution in [-0.2, 0) is 11.2 Å². The fraction of sp³-hybridized carbons (Fsp3) is 0.0909. The van der Waals surface area contributed by atoms with Crippen LogP contribution in [0.4, 0.5) is 0 Å². The number of thiol groups is 1. The molecule has 3 rings (SSSR count). The Balaban J connectivity index is 0.000000228. The molecule has 0 bridgehead atoms. The normalized spacial score (nSPS) is 9.58. The Bertz CT molecular complexity index is 803. The molecule has 0 aliphatic heterocycles. The highest BCUT2D eigenvalue weighted by molar-refractivity contribution is 7.97. The molecule has 0 N–H and O–H groups in total. The highest BCUT2D eigenvalue weighted by atomic mass is 32.1. The quantitative estimate of drug-likeness (QED) is 0.475. The standard InChI is InChI=1S/C15H14OS.C7H6OS/c17-15(14-9-5-2-6-10-14)16-12-11-13-7-3-1-4-8-13;8-7(9)6-4-2-1-3-5-6/h1-10H,11-12H2;1-5H,(H,8,9). The van der Waals surface area contributed by atoms with E-state index in [4.69, 9.17) is 17.0 Å². The molecule has 0 atom stereocenters. The Kier molecular flexibility index (Phi) is 8.60. The van der Waals surface area contributed by atoms with E-state index in [0.29, 0.717) is 17.2 Å². The molecule has 4 heteroatoms. The van der Waals surface area contributed by atoms with E-state index in [9.17, 15) is 4.79 Å². The van der Waals surface area contributed by atoms with Gasteiger partial charge in [-0.2, -0.15) is 0 Å². The maximum absolute atomic E-state index is 10.5. The third kappa shape index (κ3) is 7.21. The van der Waals surface area contributed by atoms with Crippen LogP contribution in [0.25, 0.3) is 0 Å². The summed E-state index contributed by atoms with van der Waals surface area (Å²) in [6.45, 7) is 0.623. The summed E-state index contributed by atoms with van der Waals surface area (Å²) >= 11 is 8.86. The van der Waals surface area contributed by atoms with Gasteiger partial charge in [-0.05, 0) is 17.8 Å². The smallest absolute Gasteiger partial charge is 0.216 e. The van der Waals surface area contributed by atoms with Gasteiger partial charge in [0.2, 0.25) is 5.12 Å². The topological polar surface area (TPSA) is 26.3 Å². The molecule has 3 aromatic carbocycles. The zero-order valence-electron chi connectivity index (χ0n) is 14.2. The average Bonchev–Trinajstić information content (AvgIpc) is 2.70. The van der Waals surface area contributed by atoms with E-state index in [1.807, 2.05) is 66.7 Å². The summed E-state index contributed by atoms with van der Waals surface area (Å²) in [5.41, 5.74) is 2.87. The Morgan fingerprint density at radius 1 is 0.769 bits per heavy atom. The molecule has 132 valence electrons. The molecule has 0 aromatic heterocycles. The largest absolute Gasteiger partial charge is 0.483 e. The van der Waals surface area contributed by atoms with Crippen molar-refractivity contribution in [1.29, 1.82) is 0 Å². The van der Waals surface area contributed by atoms with Crippen LogP contribution in [0.15, 0.2) is 91.0 Å². The first-order chi connectivity index (χ1) is 12.7. The molecule has 0 unspecified atom stereocenters. The number of rotatable bonds is 5. The van der Waals surface area contributed by atoms with Crippen LogP contribution >= 0.6 is 24.8 Å². The second kappa shape index (κ2) is 11.2. The molecule has 0 fully saturated rings. The summed E-state index contributed by atoms with van der Waals surface area (Å²) in [7, 11) is 0. The number of benzene rings is 3. The van der Waals surface area contributed by atoms with Crippen LogP contribution in [-0.4, -0.2) is 16.8 Å². The van der Waals surface area contributed by atoms with Gasteiger partial charge in [-0.15, -0.1) is 12.6 Å². The van der Waals surface area contributed by atoms with Crippen molar-refractivity contribution in [3.8, 4) is 0 Å². The van der Waals surface area contributed by atoms with Gasteiger partial charge < -0.3 is 4.74 Å². The summed E-state index contributed by atoms with van der Waals surface area (Å²) in [4.78, 5) is 10.5. The second-order valence-electron chi connectivity index (χ2n) is 5.41. The predicted octanol–water partition coefficient (Wildman–Crippen LogP) is 5.38. The first-order valence-electron chi connectivity index (χ1n) is 8.21. The molecule has 0 aliphatic carbocycles. The van der Waals surface area contributed by atoms with Crippen molar-refractivity contribution in [1.82, 2.24) is 0 Å². The summed E-state index contributed by atoms with van der Waals surface area (Å²) in [6.07, 6.45) is 0.883. The van der Waals surface area contributed by atoms with Crippen LogP contribution in [0, 0.1) is 0 Å². The molecule has 0 saturated heterocycles. The number of thiocarbonyl (C=S) groups is 1. The number of carbonyl (C=O) groups is 1. The number of ether oxygens (including phenoxy) is 1. The maximum Gasteiger partial charge on any atom is 0.216 e. The van der Waals surface area contributed by atoms with E-state index in [0.717, 1.165) is 12.0 Å². The first-order valence-corrected chi connectivity index (χ1v) is 9.07. The molecule has 2 nitrogen and oxygen atoms in total. The van der Waals surface area contributed by atoms with Crippen LogP contribution in [0.2, 0.25) is 0 Å². The lowest BCUT2D eigenvalue weighted by Crippen LogP contribution is -2.06. The fourth-order valence-corrected chi connectivity index (χ4v) is 2.51. The average molecular weight is 381 g/mol. The fourth-order valence-electron chi connectivity index (χ4n) is 2.14. The van der Waals surface area contributed by atoms with Crippen LogP contribution in [0.1, 0.15) is 21.5 Å². The van der Waals surface area contributed by atoms with Gasteiger partial charge in [0.1, 0.15) is 0 Å². The van der Waals surface area contributed by atoms with Gasteiger partial charge >= 0.3 is 0 Å². The highest BCUT2D eigenvalue weighted by Gasteiger charge is 2.01. The Hall–Kier alpha value is -2.43. The summed E-state index contributed by atoms with van der Waals surface area (Å²) in [6, 6.07) is 29.0. The molecular weight excluding hydrogens is 360 g/mol. The summed E-state index contributed by atoms with van der Waals surface area (Å²) < 4.78 is 5.56. The number of hydrogen-bond acceptors (Lipinski definition) is 3. The minimum Gasteiger partial charge on any atom is -0.483 e. The summed E-state index contributed by atoms with van der Waals surface area (Å²) in [5.74, 6) is 0. The predicted molar refractivity (Wildman–Crippen MR) is 114 cm³/mol.